The summed E-state index contributed by atoms with van der Waals surface area (Å²) >= 11 is 0. The Balaban J connectivity index is 1.78. The molecule has 0 radical (unpaired) electrons. The first-order chi connectivity index (χ1) is 16.7. The minimum Gasteiger partial charge on any atom is -0.504 e. The van der Waals surface area contributed by atoms with Crippen LogP contribution < -0.4 is 15.6 Å². The summed E-state index contributed by atoms with van der Waals surface area (Å²) in [6.45, 7) is 7.92. The van der Waals surface area contributed by atoms with E-state index in [0.717, 1.165) is 5.69 Å². The van der Waals surface area contributed by atoms with Crippen molar-refractivity contribution in [2.45, 2.75) is 40.2 Å². The third-order valence-electron chi connectivity index (χ3n) is 5.74. The van der Waals surface area contributed by atoms with E-state index in [1.54, 1.807) is 41.9 Å². The van der Waals surface area contributed by atoms with Gasteiger partial charge in [-0.15, -0.1) is 0 Å². The standard InChI is InChI=1S/C26H28N4O5/c1-5-35-22-9-15(4)29-25(33)18(22)12-27-26(34)20-11-16(17-7-6-8-21(31)24(17)32)10-19-23(14(2)3)28-13-30(19)20/h6-11,13-14,31-32H,5,12H2,1-4H3,(H,27,34)(H,29,33). The quantitative estimate of drug-likeness (QED) is 0.300. The second-order valence-corrected chi connectivity index (χ2v) is 8.58. The van der Waals surface area contributed by atoms with Gasteiger partial charge >= 0.3 is 0 Å². The third-order valence-corrected chi connectivity index (χ3v) is 5.74. The number of rotatable bonds is 7. The summed E-state index contributed by atoms with van der Waals surface area (Å²) in [6.07, 6.45) is 1.58. The Kier molecular flexibility index (Phi) is 6.50. The van der Waals surface area contributed by atoms with Gasteiger partial charge in [-0.05, 0) is 49.6 Å². The number of amides is 1. The lowest BCUT2D eigenvalue weighted by molar-refractivity contribution is 0.0944. The summed E-state index contributed by atoms with van der Waals surface area (Å²) in [5.41, 5.74) is 3.32. The highest BCUT2D eigenvalue weighted by atomic mass is 16.5. The first-order valence-corrected chi connectivity index (χ1v) is 11.4. The number of aromatic nitrogens is 3. The number of fused-ring (bicyclic) bond motifs is 1. The fourth-order valence-corrected chi connectivity index (χ4v) is 4.05. The van der Waals surface area contributed by atoms with Gasteiger partial charge in [0.1, 0.15) is 17.8 Å². The third kappa shape index (κ3) is 4.57. The van der Waals surface area contributed by atoms with Gasteiger partial charge in [0, 0.05) is 11.3 Å². The number of imidazole rings is 1. The zero-order valence-corrected chi connectivity index (χ0v) is 20.0. The van der Waals surface area contributed by atoms with Crippen molar-refractivity contribution in [3.05, 3.63) is 75.7 Å². The number of pyridine rings is 2. The van der Waals surface area contributed by atoms with E-state index >= 15 is 0 Å². The molecule has 0 aliphatic heterocycles. The van der Waals surface area contributed by atoms with Crippen molar-refractivity contribution in [1.82, 2.24) is 19.7 Å². The van der Waals surface area contributed by atoms with Crippen molar-refractivity contribution >= 4 is 11.4 Å². The lowest BCUT2D eigenvalue weighted by atomic mass is 10.0. The van der Waals surface area contributed by atoms with E-state index < -0.39 is 5.91 Å². The van der Waals surface area contributed by atoms with E-state index in [-0.39, 0.29) is 35.2 Å². The van der Waals surface area contributed by atoms with Crippen LogP contribution in [0.5, 0.6) is 17.2 Å². The largest absolute Gasteiger partial charge is 0.504 e. The van der Waals surface area contributed by atoms with Crippen molar-refractivity contribution in [1.29, 1.82) is 0 Å². The number of aryl methyl sites for hydroxylation is 1. The summed E-state index contributed by atoms with van der Waals surface area (Å²) in [7, 11) is 0. The molecule has 1 aromatic carbocycles. The number of hydrogen-bond donors (Lipinski definition) is 4. The highest BCUT2D eigenvalue weighted by Crippen LogP contribution is 2.37. The van der Waals surface area contributed by atoms with Crippen molar-refractivity contribution in [3.8, 4) is 28.4 Å². The number of ether oxygens (including phenoxy) is 1. The molecule has 182 valence electrons. The van der Waals surface area contributed by atoms with Crippen molar-refractivity contribution in [2.75, 3.05) is 6.61 Å². The highest BCUT2D eigenvalue weighted by Gasteiger charge is 2.20. The first kappa shape index (κ1) is 23.9. The molecule has 9 nitrogen and oxygen atoms in total. The zero-order chi connectivity index (χ0) is 25.3. The normalized spacial score (nSPS) is 11.2. The number of benzene rings is 1. The van der Waals surface area contributed by atoms with Gasteiger partial charge in [-0.2, -0.15) is 0 Å². The molecule has 3 heterocycles. The number of nitrogens with zero attached hydrogens (tertiary/aromatic N) is 2. The number of nitrogens with one attached hydrogen (secondary N) is 2. The minimum atomic E-state index is -0.438. The van der Waals surface area contributed by atoms with Crippen LogP contribution in [-0.4, -0.2) is 37.1 Å². The Morgan fingerprint density at radius 1 is 1.23 bits per heavy atom. The molecule has 3 aromatic heterocycles. The summed E-state index contributed by atoms with van der Waals surface area (Å²) in [4.78, 5) is 33.1. The highest BCUT2D eigenvalue weighted by molar-refractivity contribution is 5.95. The van der Waals surface area contributed by atoms with Gasteiger partial charge in [-0.25, -0.2) is 4.98 Å². The molecule has 0 saturated carbocycles. The molecule has 0 bridgehead atoms. The van der Waals surface area contributed by atoms with Gasteiger partial charge in [-0.1, -0.05) is 26.0 Å². The fraction of sp³-hybridized carbons (Fsp3) is 0.269. The van der Waals surface area contributed by atoms with E-state index in [1.165, 1.54) is 6.07 Å². The van der Waals surface area contributed by atoms with E-state index in [2.05, 4.69) is 15.3 Å². The summed E-state index contributed by atoms with van der Waals surface area (Å²) < 4.78 is 7.28. The molecular weight excluding hydrogens is 448 g/mol. The molecule has 4 aromatic rings. The Labute approximate surface area is 202 Å². The maximum absolute atomic E-state index is 13.4. The zero-order valence-electron chi connectivity index (χ0n) is 20.0. The lowest BCUT2D eigenvalue weighted by Gasteiger charge is -2.14. The van der Waals surface area contributed by atoms with Crippen molar-refractivity contribution in [2.24, 2.45) is 0 Å². The number of para-hydroxylation sites is 1. The van der Waals surface area contributed by atoms with Crippen molar-refractivity contribution < 1.29 is 19.7 Å². The summed E-state index contributed by atoms with van der Waals surface area (Å²) in [5, 5.41) is 23.2. The van der Waals surface area contributed by atoms with Crippen molar-refractivity contribution in [3.63, 3.8) is 0 Å². The van der Waals surface area contributed by atoms with Crippen LogP contribution in [0.4, 0.5) is 0 Å². The fourth-order valence-electron chi connectivity index (χ4n) is 4.05. The summed E-state index contributed by atoms with van der Waals surface area (Å²) in [6, 6.07) is 9.83. The predicted octanol–water partition coefficient (Wildman–Crippen LogP) is 3.86. The van der Waals surface area contributed by atoms with E-state index in [1.807, 2.05) is 26.8 Å². The number of H-pyrrole nitrogens is 1. The topological polar surface area (TPSA) is 129 Å². The van der Waals surface area contributed by atoms with E-state index in [0.29, 0.717) is 40.3 Å². The Bertz CT molecular complexity index is 1470. The van der Waals surface area contributed by atoms with Crippen LogP contribution in [0.1, 0.15) is 54.1 Å². The van der Waals surface area contributed by atoms with Gasteiger partial charge in [-0.3, -0.25) is 14.0 Å². The van der Waals surface area contributed by atoms with Crippen LogP contribution in [0, 0.1) is 6.92 Å². The average Bonchev–Trinajstić information content (AvgIpc) is 3.24. The molecule has 9 heteroatoms. The number of hydrogen-bond acceptors (Lipinski definition) is 6. The second kappa shape index (κ2) is 9.54. The Morgan fingerprint density at radius 2 is 2.00 bits per heavy atom. The summed E-state index contributed by atoms with van der Waals surface area (Å²) in [5.74, 6) is -0.466. The molecule has 0 aliphatic rings. The molecule has 1 amide bonds. The van der Waals surface area contributed by atoms with Gasteiger partial charge in [0.25, 0.3) is 11.5 Å². The van der Waals surface area contributed by atoms with Crippen LogP contribution in [0.15, 0.2) is 47.5 Å². The van der Waals surface area contributed by atoms with Gasteiger partial charge in [0.15, 0.2) is 11.5 Å². The molecule has 0 atom stereocenters. The molecule has 0 fully saturated rings. The first-order valence-electron chi connectivity index (χ1n) is 11.4. The van der Waals surface area contributed by atoms with E-state index in [4.69, 9.17) is 4.74 Å². The average molecular weight is 477 g/mol. The van der Waals surface area contributed by atoms with Crippen LogP contribution >= 0.6 is 0 Å². The number of aromatic amines is 1. The maximum Gasteiger partial charge on any atom is 0.268 e. The molecule has 4 rings (SSSR count). The monoisotopic (exact) mass is 476 g/mol. The number of aromatic hydroxyl groups is 2. The number of phenolic OH excluding ortho intramolecular Hbond substituents is 2. The Morgan fingerprint density at radius 3 is 2.71 bits per heavy atom. The van der Waals surface area contributed by atoms with Crippen LogP contribution in [0.2, 0.25) is 0 Å². The molecule has 4 N–H and O–H groups in total. The molecule has 35 heavy (non-hydrogen) atoms. The van der Waals surface area contributed by atoms with Crippen LogP contribution in [0.25, 0.3) is 16.6 Å². The predicted molar refractivity (Wildman–Crippen MR) is 132 cm³/mol. The number of phenols is 2. The van der Waals surface area contributed by atoms with Crippen LogP contribution in [0.3, 0.4) is 0 Å². The number of carbonyl (C=O) groups excluding carboxylic acids is 1. The maximum atomic E-state index is 13.4. The van der Waals surface area contributed by atoms with Gasteiger partial charge in [0.2, 0.25) is 0 Å². The second-order valence-electron chi connectivity index (χ2n) is 8.58. The lowest BCUT2D eigenvalue weighted by Crippen LogP contribution is -2.29. The Hall–Kier alpha value is -4.27. The SMILES string of the molecule is CCOc1cc(C)[nH]c(=O)c1CNC(=O)c1cc(-c2cccc(O)c2O)cc2c(C(C)C)ncn12. The molecule has 0 saturated heterocycles. The molecule has 0 unspecified atom stereocenters. The molecular formula is C26H28N4O5. The molecule has 0 spiro atoms. The smallest absolute Gasteiger partial charge is 0.268 e. The minimum absolute atomic E-state index is 0.0430. The van der Waals surface area contributed by atoms with Crippen LogP contribution in [-0.2, 0) is 6.54 Å². The number of carbonyl (C=O) groups is 1. The van der Waals surface area contributed by atoms with Gasteiger partial charge in [0.05, 0.1) is 29.9 Å². The van der Waals surface area contributed by atoms with E-state index in [9.17, 15) is 19.8 Å². The van der Waals surface area contributed by atoms with Gasteiger partial charge < -0.3 is 25.3 Å². The molecule has 0 aliphatic carbocycles.